The van der Waals surface area contributed by atoms with E-state index >= 15 is 0 Å². The van der Waals surface area contributed by atoms with E-state index in [1.54, 1.807) is 16.8 Å². The van der Waals surface area contributed by atoms with Crippen molar-refractivity contribution in [3.05, 3.63) is 28.4 Å². The highest BCUT2D eigenvalue weighted by Gasteiger charge is 2.09. The number of carbonyl (C=O) groups is 1. The molecule has 1 aromatic heterocycles. The average molecular weight is 209 g/mol. The first-order valence-corrected chi connectivity index (χ1v) is 4.59. The molecule has 0 aliphatic heterocycles. The van der Waals surface area contributed by atoms with Gasteiger partial charge in [0.05, 0.1) is 16.2 Å². The van der Waals surface area contributed by atoms with Crippen molar-refractivity contribution in [2.75, 3.05) is 0 Å². The van der Waals surface area contributed by atoms with Gasteiger partial charge in [0.1, 0.15) is 6.29 Å². The second-order valence-corrected chi connectivity index (χ2v) is 3.63. The number of nitrogens with zero attached hydrogens (tertiary/aromatic N) is 2. The Kier molecular flexibility index (Phi) is 2.04. The number of aldehydes is 1. The van der Waals surface area contributed by atoms with Gasteiger partial charge in [-0.1, -0.05) is 11.6 Å². The fourth-order valence-electron chi connectivity index (χ4n) is 1.62. The van der Waals surface area contributed by atoms with Crippen LogP contribution in [0.1, 0.15) is 16.1 Å². The maximum Gasteiger partial charge on any atom is 0.150 e. The second-order valence-electron chi connectivity index (χ2n) is 3.23. The van der Waals surface area contributed by atoms with Crippen LogP contribution in [0.2, 0.25) is 5.02 Å². The van der Waals surface area contributed by atoms with Crippen LogP contribution in [0.5, 0.6) is 0 Å². The lowest BCUT2D eigenvalue weighted by Gasteiger charge is -1.98. The average Bonchev–Trinajstić information content (AvgIpc) is 2.42. The van der Waals surface area contributed by atoms with Gasteiger partial charge in [0.2, 0.25) is 0 Å². The number of rotatable bonds is 1. The molecular formula is C10H9ClN2O. The number of aryl methyl sites for hydroxylation is 2. The molecule has 0 N–H and O–H groups in total. The molecule has 0 bridgehead atoms. The number of aromatic nitrogens is 2. The van der Waals surface area contributed by atoms with Crippen LogP contribution >= 0.6 is 11.6 Å². The molecule has 14 heavy (non-hydrogen) atoms. The van der Waals surface area contributed by atoms with Crippen molar-refractivity contribution in [2.45, 2.75) is 6.92 Å². The van der Waals surface area contributed by atoms with Crippen molar-refractivity contribution in [3.63, 3.8) is 0 Å². The summed E-state index contributed by atoms with van der Waals surface area (Å²) in [5.74, 6) is 0. The van der Waals surface area contributed by atoms with Crippen molar-refractivity contribution >= 4 is 28.8 Å². The van der Waals surface area contributed by atoms with Crippen LogP contribution in [0, 0.1) is 6.92 Å². The lowest BCUT2D eigenvalue weighted by atomic mass is 10.1. The standard InChI is InChI=1S/C10H9ClN2O/c1-6-8-3-7(5-14)4-9(11)10(8)13(2)12-6/h3-5H,1-2H3. The number of fused-ring (bicyclic) bond motifs is 1. The maximum atomic E-state index is 10.6. The second kappa shape index (κ2) is 3.10. The molecule has 0 fully saturated rings. The molecule has 0 spiro atoms. The zero-order valence-corrected chi connectivity index (χ0v) is 8.67. The molecule has 0 aliphatic rings. The molecule has 0 saturated heterocycles. The lowest BCUT2D eigenvalue weighted by Crippen LogP contribution is -1.90. The summed E-state index contributed by atoms with van der Waals surface area (Å²) in [6.45, 7) is 1.90. The van der Waals surface area contributed by atoms with Crippen LogP contribution in [-0.2, 0) is 7.05 Å². The first kappa shape index (κ1) is 9.21. The summed E-state index contributed by atoms with van der Waals surface area (Å²) in [5, 5.41) is 5.74. The van der Waals surface area contributed by atoms with E-state index in [9.17, 15) is 4.79 Å². The fourth-order valence-corrected chi connectivity index (χ4v) is 1.97. The number of carbonyl (C=O) groups excluding carboxylic acids is 1. The van der Waals surface area contributed by atoms with Crippen LogP contribution in [-0.4, -0.2) is 16.1 Å². The smallest absolute Gasteiger partial charge is 0.150 e. The molecule has 2 rings (SSSR count). The molecule has 72 valence electrons. The Hall–Kier alpha value is -1.35. The molecule has 0 saturated carbocycles. The Bertz CT molecular complexity index is 516. The minimum absolute atomic E-state index is 0.563. The minimum atomic E-state index is 0.563. The number of hydrogen-bond acceptors (Lipinski definition) is 2. The molecule has 0 amide bonds. The van der Waals surface area contributed by atoms with E-state index in [1.807, 2.05) is 14.0 Å². The van der Waals surface area contributed by atoms with Crippen LogP contribution in [0.25, 0.3) is 10.9 Å². The summed E-state index contributed by atoms with van der Waals surface area (Å²) in [7, 11) is 1.84. The number of benzene rings is 1. The van der Waals surface area contributed by atoms with Crippen LogP contribution in [0.3, 0.4) is 0 Å². The molecule has 1 heterocycles. The fraction of sp³-hybridized carbons (Fsp3) is 0.200. The topological polar surface area (TPSA) is 34.9 Å². The largest absolute Gasteiger partial charge is 0.298 e. The minimum Gasteiger partial charge on any atom is -0.298 e. The third kappa shape index (κ3) is 1.21. The molecular weight excluding hydrogens is 200 g/mol. The zero-order chi connectivity index (χ0) is 10.3. The molecule has 0 atom stereocenters. The molecule has 4 heteroatoms. The normalized spacial score (nSPS) is 10.8. The quantitative estimate of drug-likeness (QED) is 0.675. The summed E-state index contributed by atoms with van der Waals surface area (Å²) in [6, 6.07) is 3.45. The van der Waals surface area contributed by atoms with E-state index < -0.39 is 0 Å². The predicted molar refractivity (Wildman–Crippen MR) is 55.8 cm³/mol. The van der Waals surface area contributed by atoms with Crippen molar-refractivity contribution in [1.82, 2.24) is 9.78 Å². The third-order valence-corrected chi connectivity index (χ3v) is 2.52. The highest BCUT2D eigenvalue weighted by atomic mass is 35.5. The Morgan fingerprint density at radius 3 is 2.86 bits per heavy atom. The number of halogens is 1. The van der Waals surface area contributed by atoms with Crippen molar-refractivity contribution < 1.29 is 4.79 Å². The summed E-state index contributed by atoms with van der Waals surface area (Å²) >= 11 is 6.04. The molecule has 0 aliphatic carbocycles. The lowest BCUT2D eigenvalue weighted by molar-refractivity contribution is 0.112. The van der Waals surface area contributed by atoms with Gasteiger partial charge in [-0.2, -0.15) is 5.10 Å². The predicted octanol–water partition coefficient (Wildman–Crippen LogP) is 2.35. The first-order valence-electron chi connectivity index (χ1n) is 4.21. The maximum absolute atomic E-state index is 10.6. The van der Waals surface area contributed by atoms with E-state index in [0.29, 0.717) is 10.6 Å². The van der Waals surface area contributed by atoms with Gasteiger partial charge in [-0.25, -0.2) is 0 Å². The van der Waals surface area contributed by atoms with E-state index in [-0.39, 0.29) is 0 Å². The Morgan fingerprint density at radius 1 is 1.50 bits per heavy atom. The van der Waals surface area contributed by atoms with Crippen LogP contribution in [0.4, 0.5) is 0 Å². The van der Waals surface area contributed by atoms with Crippen LogP contribution < -0.4 is 0 Å². The Balaban J connectivity index is 2.92. The summed E-state index contributed by atoms with van der Waals surface area (Å²) < 4.78 is 1.72. The number of hydrogen-bond donors (Lipinski definition) is 0. The molecule has 3 nitrogen and oxygen atoms in total. The van der Waals surface area contributed by atoms with Gasteiger partial charge in [0, 0.05) is 18.0 Å². The molecule has 0 radical (unpaired) electrons. The highest BCUT2D eigenvalue weighted by molar-refractivity contribution is 6.35. The molecule has 2 aromatic rings. The highest BCUT2D eigenvalue weighted by Crippen LogP contribution is 2.26. The Morgan fingerprint density at radius 2 is 2.21 bits per heavy atom. The summed E-state index contributed by atoms with van der Waals surface area (Å²) in [6.07, 6.45) is 0.789. The summed E-state index contributed by atoms with van der Waals surface area (Å²) in [5.41, 5.74) is 2.33. The van der Waals surface area contributed by atoms with E-state index in [0.717, 1.165) is 22.9 Å². The summed E-state index contributed by atoms with van der Waals surface area (Å²) in [4.78, 5) is 10.6. The van der Waals surface area contributed by atoms with Crippen LogP contribution in [0.15, 0.2) is 12.1 Å². The Labute approximate surface area is 86.3 Å². The van der Waals surface area contributed by atoms with Gasteiger partial charge in [0.25, 0.3) is 0 Å². The SMILES string of the molecule is Cc1nn(C)c2c(Cl)cc(C=O)cc12. The van der Waals surface area contributed by atoms with Crippen molar-refractivity contribution in [1.29, 1.82) is 0 Å². The molecule has 1 aromatic carbocycles. The molecule has 0 unspecified atom stereocenters. The zero-order valence-electron chi connectivity index (χ0n) is 7.91. The van der Waals surface area contributed by atoms with Gasteiger partial charge in [-0.3, -0.25) is 9.48 Å². The van der Waals surface area contributed by atoms with Gasteiger partial charge in [-0.15, -0.1) is 0 Å². The van der Waals surface area contributed by atoms with E-state index in [4.69, 9.17) is 11.6 Å². The van der Waals surface area contributed by atoms with E-state index in [2.05, 4.69) is 5.10 Å². The van der Waals surface area contributed by atoms with Gasteiger partial charge in [-0.05, 0) is 19.1 Å². The first-order chi connectivity index (χ1) is 6.63. The van der Waals surface area contributed by atoms with Crippen molar-refractivity contribution in [2.24, 2.45) is 7.05 Å². The van der Waals surface area contributed by atoms with Crippen molar-refractivity contribution in [3.8, 4) is 0 Å². The van der Waals surface area contributed by atoms with Gasteiger partial charge in [0.15, 0.2) is 0 Å². The van der Waals surface area contributed by atoms with Gasteiger partial charge >= 0.3 is 0 Å². The monoisotopic (exact) mass is 208 g/mol. The van der Waals surface area contributed by atoms with E-state index in [1.165, 1.54) is 0 Å². The third-order valence-electron chi connectivity index (χ3n) is 2.24. The van der Waals surface area contributed by atoms with Gasteiger partial charge < -0.3 is 0 Å².